The van der Waals surface area contributed by atoms with Crippen LogP contribution >= 0.6 is 11.6 Å². The topological polar surface area (TPSA) is 68.5 Å². The molecule has 152 valence electrons. The Kier molecular flexibility index (Phi) is 4.82. The average molecular weight is 417 g/mol. The zero-order chi connectivity index (χ0) is 20.9. The van der Waals surface area contributed by atoms with E-state index in [4.69, 9.17) is 21.3 Å². The molecule has 9 heteroatoms. The number of halogens is 1. The number of aliphatic imine (C=N–C) groups is 1. The van der Waals surface area contributed by atoms with E-state index in [-0.39, 0.29) is 18.5 Å². The van der Waals surface area contributed by atoms with Crippen LogP contribution in [0, 0.1) is 0 Å². The van der Waals surface area contributed by atoms with Gasteiger partial charge in [0.25, 0.3) is 5.91 Å². The van der Waals surface area contributed by atoms with Crippen LogP contribution in [0.25, 0.3) is 0 Å². The third-order valence-electron chi connectivity index (χ3n) is 5.29. The van der Waals surface area contributed by atoms with Crippen LogP contribution in [0.1, 0.15) is 13.3 Å². The number of hydrogen-bond donors (Lipinski definition) is 0. The summed E-state index contributed by atoms with van der Waals surface area (Å²) in [6.07, 6.45) is 0.845. The first-order chi connectivity index (χ1) is 13.8. The Morgan fingerprint density at radius 3 is 2.83 bits per heavy atom. The number of amides is 3. The molecule has 1 aromatic rings. The summed E-state index contributed by atoms with van der Waals surface area (Å²) in [7, 11) is 3.22. The normalized spacial score (nSPS) is 21.3. The van der Waals surface area contributed by atoms with Gasteiger partial charge in [0.2, 0.25) is 11.9 Å². The van der Waals surface area contributed by atoms with Crippen LogP contribution in [0.3, 0.4) is 0 Å². The average Bonchev–Trinajstić information content (AvgIpc) is 3.09. The van der Waals surface area contributed by atoms with E-state index in [1.165, 1.54) is 9.80 Å². The molecule has 0 radical (unpaired) electrons. The third kappa shape index (κ3) is 3.07. The van der Waals surface area contributed by atoms with Gasteiger partial charge in [0.05, 0.1) is 31.8 Å². The monoisotopic (exact) mass is 416 g/mol. The molecule has 3 heterocycles. The highest BCUT2D eigenvalue weighted by Crippen LogP contribution is 2.32. The number of benzene rings is 1. The van der Waals surface area contributed by atoms with Crippen LogP contribution in [0.5, 0.6) is 5.75 Å². The second-order valence-electron chi connectivity index (χ2n) is 7.41. The van der Waals surface area contributed by atoms with Crippen LogP contribution in [-0.2, 0) is 4.79 Å². The van der Waals surface area contributed by atoms with Crippen molar-refractivity contribution in [3.63, 3.8) is 0 Å². The number of carbonyl (C=O) groups is 2. The van der Waals surface area contributed by atoms with Crippen molar-refractivity contribution in [3.8, 4) is 5.75 Å². The van der Waals surface area contributed by atoms with Gasteiger partial charge in [0.1, 0.15) is 11.4 Å². The molecule has 3 aliphatic rings. The number of urea groups is 1. The molecule has 0 spiro atoms. The van der Waals surface area contributed by atoms with Gasteiger partial charge in [-0.25, -0.2) is 14.3 Å². The van der Waals surface area contributed by atoms with Crippen molar-refractivity contribution in [2.24, 2.45) is 4.99 Å². The molecule has 3 amide bonds. The Morgan fingerprint density at radius 1 is 1.41 bits per heavy atom. The predicted molar refractivity (Wildman–Crippen MR) is 111 cm³/mol. The van der Waals surface area contributed by atoms with Crippen molar-refractivity contribution >= 4 is 41.0 Å². The van der Waals surface area contributed by atoms with Gasteiger partial charge in [0, 0.05) is 13.5 Å². The number of hydrogen-bond acceptors (Lipinski definition) is 5. The van der Waals surface area contributed by atoms with Crippen LogP contribution < -0.4 is 9.64 Å². The lowest BCUT2D eigenvalue weighted by molar-refractivity contribution is -0.539. The molecule has 0 bridgehead atoms. The number of anilines is 1. The van der Waals surface area contributed by atoms with Crippen molar-refractivity contribution in [3.05, 3.63) is 35.4 Å². The second-order valence-corrected chi connectivity index (χ2v) is 7.82. The van der Waals surface area contributed by atoms with Crippen LogP contribution in [-0.4, -0.2) is 77.9 Å². The highest BCUT2D eigenvalue weighted by atomic mass is 35.5. The minimum absolute atomic E-state index is 0.201. The van der Waals surface area contributed by atoms with E-state index in [0.29, 0.717) is 29.1 Å². The molecule has 0 aliphatic carbocycles. The number of imide groups is 1. The van der Waals surface area contributed by atoms with E-state index >= 15 is 0 Å². The molecule has 0 aromatic heterocycles. The zero-order valence-electron chi connectivity index (χ0n) is 16.7. The summed E-state index contributed by atoms with van der Waals surface area (Å²) in [5.41, 5.74) is 1.61. The maximum Gasteiger partial charge on any atom is 0.397 e. The molecular formula is C20H23ClN5O3+. The minimum Gasteiger partial charge on any atom is -0.495 e. The van der Waals surface area contributed by atoms with Crippen molar-refractivity contribution in [1.29, 1.82) is 0 Å². The summed E-state index contributed by atoms with van der Waals surface area (Å²) < 4.78 is 7.20. The predicted octanol–water partition coefficient (Wildman–Crippen LogP) is 2.18. The Labute approximate surface area is 174 Å². The maximum atomic E-state index is 13.2. The molecule has 1 atom stereocenters. The lowest BCUT2D eigenvalue weighted by Gasteiger charge is -2.34. The quantitative estimate of drug-likeness (QED) is 0.557. The first-order valence-corrected chi connectivity index (χ1v) is 9.78. The standard InChI is InChI=1S/C20H23ClN5O3/c1-12(2)11-26-18(27)16-17(23(3)20(26)28)22-19-24(8-5-9-25(16)19)13-6-7-15(29-4)14(21)10-13/h6-7,10,16H,1,5,8-9,11H2,2-4H3/q+1. The highest BCUT2D eigenvalue weighted by molar-refractivity contribution is 6.32. The number of likely N-dealkylation sites (N-methyl/N-ethyl adjacent to an activating group) is 1. The van der Waals surface area contributed by atoms with E-state index in [2.05, 4.69) is 6.58 Å². The Bertz CT molecular complexity index is 986. The molecule has 4 rings (SSSR count). The summed E-state index contributed by atoms with van der Waals surface area (Å²) in [4.78, 5) is 35.3. The van der Waals surface area contributed by atoms with Crippen LogP contribution in [0.15, 0.2) is 35.3 Å². The molecule has 1 aromatic carbocycles. The molecule has 8 nitrogen and oxygen atoms in total. The smallest absolute Gasteiger partial charge is 0.397 e. The van der Waals surface area contributed by atoms with E-state index in [1.54, 1.807) is 21.1 Å². The Hall–Kier alpha value is -2.87. The number of guanidine groups is 1. The van der Waals surface area contributed by atoms with Crippen molar-refractivity contribution in [2.45, 2.75) is 19.4 Å². The molecule has 1 fully saturated rings. The number of carbonyl (C=O) groups excluding carboxylic acids is 2. The number of rotatable bonds is 4. The molecule has 1 saturated heterocycles. The van der Waals surface area contributed by atoms with Gasteiger partial charge in [0.15, 0.2) is 0 Å². The molecule has 29 heavy (non-hydrogen) atoms. The van der Waals surface area contributed by atoms with Crippen molar-refractivity contribution < 1.29 is 18.9 Å². The maximum absolute atomic E-state index is 13.2. The Morgan fingerprint density at radius 2 is 2.17 bits per heavy atom. The SMILES string of the molecule is C=C(C)CN1C(=O)C2C(=NC3=[N+]2CCCN3c2ccc(OC)c(Cl)c2)N(C)C1=O. The minimum atomic E-state index is -0.608. The Balaban J connectivity index is 1.74. The number of nitrogens with zero attached hydrogens (tertiary/aromatic N) is 5. The lowest BCUT2D eigenvalue weighted by atomic mass is 10.1. The summed E-state index contributed by atoms with van der Waals surface area (Å²) in [6.45, 7) is 7.26. The first kappa shape index (κ1) is 19.4. The van der Waals surface area contributed by atoms with E-state index in [9.17, 15) is 9.59 Å². The summed E-state index contributed by atoms with van der Waals surface area (Å²) in [6, 6.07) is 4.55. The van der Waals surface area contributed by atoms with Gasteiger partial charge in [-0.3, -0.25) is 14.6 Å². The second kappa shape index (κ2) is 7.18. The molecule has 3 aliphatic heterocycles. The fraction of sp³-hybridized carbons (Fsp3) is 0.400. The number of methoxy groups -OCH3 is 1. The van der Waals surface area contributed by atoms with Gasteiger partial charge in [-0.2, -0.15) is 0 Å². The molecule has 1 unspecified atom stereocenters. The lowest BCUT2D eigenvalue weighted by Crippen LogP contribution is -2.63. The van der Waals surface area contributed by atoms with Gasteiger partial charge in [-0.15, -0.1) is 0 Å². The van der Waals surface area contributed by atoms with E-state index < -0.39 is 6.04 Å². The first-order valence-electron chi connectivity index (χ1n) is 9.40. The van der Waals surface area contributed by atoms with Crippen molar-refractivity contribution in [1.82, 2.24) is 9.80 Å². The number of amidine groups is 1. The van der Waals surface area contributed by atoms with Gasteiger partial charge in [-0.05, 0) is 25.1 Å². The summed E-state index contributed by atoms with van der Waals surface area (Å²) >= 11 is 6.31. The number of fused-ring (bicyclic) bond motifs is 2. The molecule has 0 saturated carbocycles. The molecular weight excluding hydrogens is 394 g/mol. The fourth-order valence-electron chi connectivity index (χ4n) is 3.93. The largest absolute Gasteiger partial charge is 0.495 e. The summed E-state index contributed by atoms with van der Waals surface area (Å²) in [5.74, 6) is 1.44. The van der Waals surface area contributed by atoms with E-state index in [0.717, 1.165) is 24.2 Å². The van der Waals surface area contributed by atoms with Gasteiger partial charge in [-0.1, -0.05) is 28.7 Å². The zero-order valence-corrected chi connectivity index (χ0v) is 17.4. The van der Waals surface area contributed by atoms with Crippen LogP contribution in [0.2, 0.25) is 5.02 Å². The van der Waals surface area contributed by atoms with Crippen molar-refractivity contribution in [2.75, 3.05) is 38.7 Å². The highest BCUT2D eigenvalue weighted by Gasteiger charge is 2.54. The third-order valence-corrected chi connectivity index (χ3v) is 5.58. The fourth-order valence-corrected chi connectivity index (χ4v) is 4.18. The van der Waals surface area contributed by atoms with E-state index in [1.807, 2.05) is 27.7 Å². The van der Waals surface area contributed by atoms with Gasteiger partial charge >= 0.3 is 12.0 Å². The van der Waals surface area contributed by atoms with Crippen LogP contribution in [0.4, 0.5) is 10.5 Å². The molecule has 0 N–H and O–H groups in total. The number of ether oxygens (including phenoxy) is 1. The summed E-state index contributed by atoms with van der Waals surface area (Å²) in [5, 5.41) is 0.502. The van der Waals surface area contributed by atoms with Gasteiger partial charge < -0.3 is 4.74 Å².